The topological polar surface area (TPSA) is 142 Å². The Morgan fingerprint density at radius 3 is 2.36 bits per heavy atom. The number of hydrogen-bond acceptors (Lipinski definition) is 7. The van der Waals surface area contributed by atoms with E-state index in [-0.39, 0.29) is 16.0 Å². The van der Waals surface area contributed by atoms with E-state index in [1.54, 1.807) is 0 Å². The summed E-state index contributed by atoms with van der Waals surface area (Å²) >= 11 is 1.29. The summed E-state index contributed by atoms with van der Waals surface area (Å²) in [4.78, 5) is 40.6. The monoisotopic (exact) mass is 567 g/mol. The van der Waals surface area contributed by atoms with Gasteiger partial charge in [-0.05, 0) is 60.3 Å². The van der Waals surface area contributed by atoms with Crippen molar-refractivity contribution in [2.45, 2.75) is 37.8 Å². The predicted molar refractivity (Wildman–Crippen MR) is 148 cm³/mol. The molecule has 0 bridgehead atoms. The minimum absolute atomic E-state index is 0.103. The van der Waals surface area contributed by atoms with E-state index in [9.17, 15) is 22.8 Å². The summed E-state index contributed by atoms with van der Waals surface area (Å²) in [7, 11) is -3.74. The summed E-state index contributed by atoms with van der Waals surface area (Å²) in [5.41, 5.74) is 8.58. The quantitative estimate of drug-likeness (QED) is 0.418. The molecule has 0 atom stereocenters. The number of carbonyl (C=O) groups is 3. The summed E-state index contributed by atoms with van der Waals surface area (Å²) in [5.74, 6) is -1.16. The standard InChI is InChI=1S/C27H29N5O5S2/c1-2-31-13-12-21-22(16-31)38-26(23(21)25(34)30-27(28)35)29-24(33)18-7-9-20(10-8-18)39(36,37)32-14-11-17-5-3-4-6-19(17)15-32/h3-10H,2,11-16H2,1H3,(H,29,33)(H3,28,30,34,35). The highest BCUT2D eigenvalue weighted by Gasteiger charge is 2.30. The number of hydrogen-bond donors (Lipinski definition) is 3. The van der Waals surface area contributed by atoms with Crippen LogP contribution in [0.15, 0.2) is 53.4 Å². The normalized spacial score (nSPS) is 15.7. The molecule has 10 nitrogen and oxygen atoms in total. The van der Waals surface area contributed by atoms with E-state index < -0.39 is 27.9 Å². The van der Waals surface area contributed by atoms with E-state index in [0.717, 1.165) is 34.7 Å². The van der Waals surface area contributed by atoms with Crippen LogP contribution in [0, 0.1) is 0 Å². The number of urea groups is 1. The van der Waals surface area contributed by atoms with Crippen LogP contribution >= 0.6 is 11.3 Å². The maximum atomic E-state index is 13.3. The third-order valence-corrected chi connectivity index (χ3v) is 10.1. The maximum absolute atomic E-state index is 13.3. The summed E-state index contributed by atoms with van der Waals surface area (Å²) < 4.78 is 28.0. The van der Waals surface area contributed by atoms with Gasteiger partial charge in [0.05, 0.1) is 10.5 Å². The number of fused-ring (bicyclic) bond motifs is 2. The van der Waals surface area contributed by atoms with Crippen LogP contribution in [0.4, 0.5) is 9.80 Å². The van der Waals surface area contributed by atoms with Crippen molar-refractivity contribution in [3.8, 4) is 0 Å². The summed E-state index contributed by atoms with van der Waals surface area (Å²) in [6.07, 6.45) is 1.24. The molecule has 1 aromatic heterocycles. The van der Waals surface area contributed by atoms with E-state index in [1.165, 1.54) is 39.9 Å². The lowest BCUT2D eigenvalue weighted by Crippen LogP contribution is -2.36. The van der Waals surface area contributed by atoms with Crippen molar-refractivity contribution in [2.24, 2.45) is 5.73 Å². The van der Waals surface area contributed by atoms with Gasteiger partial charge in [-0.1, -0.05) is 31.2 Å². The number of carbonyl (C=O) groups excluding carboxylic acids is 3. The number of anilines is 1. The molecule has 2 aromatic carbocycles. The number of likely N-dealkylation sites (N-methyl/N-ethyl adjacent to an activating group) is 1. The highest BCUT2D eigenvalue weighted by atomic mass is 32.2. The molecule has 0 radical (unpaired) electrons. The van der Waals surface area contributed by atoms with Crippen molar-refractivity contribution >= 4 is 44.2 Å². The second-order valence-electron chi connectivity index (χ2n) is 9.48. The molecule has 0 unspecified atom stereocenters. The van der Waals surface area contributed by atoms with E-state index in [2.05, 4.69) is 22.5 Å². The van der Waals surface area contributed by atoms with Crippen LogP contribution in [0.1, 0.15) is 49.2 Å². The number of sulfonamides is 1. The third-order valence-electron chi connectivity index (χ3n) is 7.12. The number of thiophene rings is 1. The lowest BCUT2D eigenvalue weighted by Gasteiger charge is -2.28. The first-order valence-electron chi connectivity index (χ1n) is 12.6. The minimum atomic E-state index is -3.74. The van der Waals surface area contributed by atoms with Crippen LogP contribution in [-0.2, 0) is 36.0 Å². The van der Waals surface area contributed by atoms with Gasteiger partial charge in [0.1, 0.15) is 5.00 Å². The first-order chi connectivity index (χ1) is 18.7. The number of nitrogens with two attached hydrogens (primary N) is 1. The molecule has 4 N–H and O–H groups in total. The van der Waals surface area contributed by atoms with Crippen LogP contribution in [0.2, 0.25) is 0 Å². The predicted octanol–water partition coefficient (Wildman–Crippen LogP) is 2.93. The lowest BCUT2D eigenvalue weighted by molar-refractivity contribution is 0.0965. The number of rotatable bonds is 6. The van der Waals surface area contributed by atoms with Gasteiger partial charge < -0.3 is 11.1 Å². The van der Waals surface area contributed by atoms with Gasteiger partial charge in [-0.3, -0.25) is 19.8 Å². The van der Waals surface area contributed by atoms with Gasteiger partial charge in [0.25, 0.3) is 11.8 Å². The van der Waals surface area contributed by atoms with Crippen molar-refractivity contribution < 1.29 is 22.8 Å². The molecule has 2 aliphatic heterocycles. The molecule has 4 amide bonds. The molecular weight excluding hydrogens is 538 g/mol. The van der Waals surface area contributed by atoms with Gasteiger partial charge >= 0.3 is 6.03 Å². The SMILES string of the molecule is CCN1CCc2c(sc(NC(=O)c3ccc(S(=O)(=O)N4CCc5ccccc5C4)cc3)c2C(=O)NC(N)=O)C1. The van der Waals surface area contributed by atoms with Crippen LogP contribution in [0.25, 0.3) is 0 Å². The van der Waals surface area contributed by atoms with Crippen LogP contribution in [0.3, 0.4) is 0 Å². The molecule has 12 heteroatoms. The van der Waals surface area contributed by atoms with Crippen molar-refractivity contribution in [1.29, 1.82) is 0 Å². The van der Waals surface area contributed by atoms with E-state index in [4.69, 9.17) is 5.73 Å². The van der Waals surface area contributed by atoms with Crippen LogP contribution < -0.4 is 16.4 Å². The Morgan fingerprint density at radius 2 is 1.67 bits per heavy atom. The molecule has 0 aliphatic carbocycles. The van der Waals surface area contributed by atoms with Crippen molar-refractivity contribution in [2.75, 3.05) is 25.0 Å². The van der Waals surface area contributed by atoms with Crippen LogP contribution in [-0.4, -0.2) is 55.1 Å². The zero-order valence-corrected chi connectivity index (χ0v) is 23.0. The van der Waals surface area contributed by atoms with Gasteiger partial charge in [0.2, 0.25) is 10.0 Å². The molecule has 0 spiro atoms. The number of amides is 4. The van der Waals surface area contributed by atoms with E-state index in [0.29, 0.717) is 37.5 Å². The van der Waals surface area contributed by atoms with Gasteiger partial charge in [-0.15, -0.1) is 11.3 Å². The highest BCUT2D eigenvalue weighted by molar-refractivity contribution is 7.89. The molecule has 204 valence electrons. The molecular formula is C27H29N5O5S2. The second-order valence-corrected chi connectivity index (χ2v) is 12.5. The Bertz CT molecular complexity index is 1550. The molecule has 3 aromatic rings. The van der Waals surface area contributed by atoms with Gasteiger partial charge in [-0.25, -0.2) is 13.2 Å². The Labute approximate surface area is 230 Å². The van der Waals surface area contributed by atoms with Crippen molar-refractivity contribution in [1.82, 2.24) is 14.5 Å². The average molecular weight is 568 g/mol. The lowest BCUT2D eigenvalue weighted by atomic mass is 10.0. The molecule has 2 aliphatic rings. The van der Waals surface area contributed by atoms with Crippen LogP contribution in [0.5, 0.6) is 0 Å². The fraction of sp³-hybridized carbons (Fsp3) is 0.296. The largest absolute Gasteiger partial charge is 0.351 e. The van der Waals surface area contributed by atoms with E-state index in [1.807, 2.05) is 24.3 Å². The highest BCUT2D eigenvalue weighted by Crippen LogP contribution is 2.37. The molecule has 39 heavy (non-hydrogen) atoms. The first-order valence-corrected chi connectivity index (χ1v) is 14.9. The van der Waals surface area contributed by atoms with E-state index >= 15 is 0 Å². The summed E-state index contributed by atoms with van der Waals surface area (Å²) in [6.45, 7) is 4.97. The van der Waals surface area contributed by atoms with Gasteiger partial charge in [-0.2, -0.15) is 4.31 Å². The fourth-order valence-electron chi connectivity index (χ4n) is 5.01. The Hall–Kier alpha value is -3.58. The smallest absolute Gasteiger partial charge is 0.319 e. The van der Waals surface area contributed by atoms with Gasteiger partial charge in [0.15, 0.2) is 0 Å². The maximum Gasteiger partial charge on any atom is 0.319 e. The summed E-state index contributed by atoms with van der Waals surface area (Å²) in [5, 5.41) is 5.22. The Morgan fingerprint density at radius 1 is 0.949 bits per heavy atom. The Balaban J connectivity index is 1.36. The zero-order chi connectivity index (χ0) is 27.7. The number of primary amides is 1. The fourth-order valence-corrected chi connectivity index (χ4v) is 7.71. The average Bonchev–Trinajstić information content (AvgIpc) is 3.29. The molecule has 0 fully saturated rings. The number of nitrogens with one attached hydrogen (secondary N) is 2. The first kappa shape index (κ1) is 27.0. The van der Waals surface area contributed by atoms with Crippen molar-refractivity contribution in [3.63, 3.8) is 0 Å². The number of nitrogens with zero attached hydrogens (tertiary/aromatic N) is 2. The zero-order valence-electron chi connectivity index (χ0n) is 21.4. The number of benzene rings is 2. The minimum Gasteiger partial charge on any atom is -0.351 e. The molecule has 3 heterocycles. The summed E-state index contributed by atoms with van der Waals surface area (Å²) in [6, 6.07) is 12.6. The van der Waals surface area contributed by atoms with Crippen molar-refractivity contribution in [3.05, 3.63) is 81.2 Å². The molecule has 5 rings (SSSR count). The molecule has 0 saturated carbocycles. The molecule has 0 saturated heterocycles. The van der Waals surface area contributed by atoms with Gasteiger partial charge in [0, 0.05) is 36.6 Å². The number of imide groups is 1. The third kappa shape index (κ3) is 5.46. The second kappa shape index (κ2) is 10.9. The Kier molecular flexibility index (Phi) is 7.54.